The Kier molecular flexibility index (Phi) is 4.22. The van der Waals surface area contributed by atoms with E-state index < -0.39 is 0 Å². The minimum atomic E-state index is 0.127. The van der Waals surface area contributed by atoms with E-state index in [9.17, 15) is 0 Å². The Balaban J connectivity index is 2.58. The lowest BCUT2D eigenvalue weighted by atomic mass is 10.0. The summed E-state index contributed by atoms with van der Waals surface area (Å²) >= 11 is 0. The fourth-order valence-electron chi connectivity index (χ4n) is 1.24. The predicted octanol–water partition coefficient (Wildman–Crippen LogP) is 1.34. The predicted molar refractivity (Wildman–Crippen MR) is 56.1 cm³/mol. The summed E-state index contributed by atoms with van der Waals surface area (Å²) < 4.78 is 0. The van der Waals surface area contributed by atoms with Gasteiger partial charge in [0.15, 0.2) is 0 Å². The summed E-state index contributed by atoms with van der Waals surface area (Å²) in [7, 11) is 0. The number of hydrogen-bond donors (Lipinski definition) is 2. The van der Waals surface area contributed by atoms with Crippen LogP contribution >= 0.6 is 0 Å². The van der Waals surface area contributed by atoms with E-state index in [0.29, 0.717) is 0 Å². The van der Waals surface area contributed by atoms with Crippen LogP contribution in [-0.4, -0.2) is 10.2 Å². The minimum absolute atomic E-state index is 0.127. The normalized spacial score (nSPS) is 12.4. The van der Waals surface area contributed by atoms with Crippen molar-refractivity contribution in [3.05, 3.63) is 36.2 Å². The molecule has 1 atom stereocenters. The first kappa shape index (κ1) is 10.8. The topological polar surface area (TPSA) is 63.8 Å². The quantitative estimate of drug-likeness (QED) is 0.420. The number of nitrogens with one attached hydrogen (secondary N) is 1. The number of aromatic nitrogens is 2. The number of nitrogens with two attached hydrogens (primary N) is 1. The van der Waals surface area contributed by atoms with Gasteiger partial charge < -0.3 is 0 Å². The van der Waals surface area contributed by atoms with Gasteiger partial charge in [0.25, 0.3) is 0 Å². The summed E-state index contributed by atoms with van der Waals surface area (Å²) in [5.41, 5.74) is 4.98. The second kappa shape index (κ2) is 5.47. The molecule has 3 N–H and O–H groups in total. The molecule has 4 nitrogen and oxygen atoms in total. The highest BCUT2D eigenvalue weighted by Crippen LogP contribution is 2.17. The first-order valence-electron chi connectivity index (χ1n) is 4.61. The Morgan fingerprint density at radius 3 is 2.93 bits per heavy atom. The molecule has 0 aliphatic carbocycles. The van der Waals surface area contributed by atoms with E-state index in [0.717, 1.165) is 24.0 Å². The van der Waals surface area contributed by atoms with Crippen molar-refractivity contribution in [2.24, 2.45) is 5.84 Å². The van der Waals surface area contributed by atoms with Crippen molar-refractivity contribution >= 4 is 0 Å². The highest BCUT2D eigenvalue weighted by Gasteiger charge is 2.08. The van der Waals surface area contributed by atoms with Crippen molar-refractivity contribution in [3.63, 3.8) is 0 Å². The average molecular weight is 192 g/mol. The third-order valence-corrected chi connectivity index (χ3v) is 2.07. The molecule has 0 bridgehead atoms. The Hall–Kier alpha value is -1.26. The van der Waals surface area contributed by atoms with E-state index in [1.165, 1.54) is 0 Å². The van der Waals surface area contributed by atoms with Gasteiger partial charge in [0, 0.05) is 12.2 Å². The number of hydrogen-bond acceptors (Lipinski definition) is 4. The molecule has 0 amide bonds. The van der Waals surface area contributed by atoms with Gasteiger partial charge in [0.05, 0.1) is 6.20 Å². The zero-order valence-electron chi connectivity index (χ0n) is 8.40. The van der Waals surface area contributed by atoms with Crippen molar-refractivity contribution in [1.82, 2.24) is 15.6 Å². The van der Waals surface area contributed by atoms with E-state index in [-0.39, 0.29) is 6.04 Å². The lowest BCUT2D eigenvalue weighted by Gasteiger charge is -2.15. The van der Waals surface area contributed by atoms with Crippen LogP contribution in [0.15, 0.2) is 30.6 Å². The van der Waals surface area contributed by atoms with Gasteiger partial charge in [0.1, 0.15) is 0 Å². The molecule has 1 aromatic heterocycles. The van der Waals surface area contributed by atoms with Crippen LogP contribution in [0.5, 0.6) is 0 Å². The maximum Gasteiger partial charge on any atom is 0.0544 e. The van der Waals surface area contributed by atoms with Crippen LogP contribution < -0.4 is 11.3 Å². The zero-order valence-corrected chi connectivity index (χ0v) is 8.40. The number of nitrogens with zero attached hydrogens (tertiary/aromatic N) is 2. The minimum Gasteiger partial charge on any atom is -0.271 e. The van der Waals surface area contributed by atoms with Gasteiger partial charge in [-0.1, -0.05) is 5.57 Å². The van der Waals surface area contributed by atoms with Crippen molar-refractivity contribution in [3.8, 4) is 0 Å². The van der Waals surface area contributed by atoms with Crippen LogP contribution in [0.2, 0.25) is 0 Å². The van der Waals surface area contributed by atoms with Crippen molar-refractivity contribution < 1.29 is 0 Å². The van der Waals surface area contributed by atoms with Crippen molar-refractivity contribution in [2.75, 3.05) is 0 Å². The molecule has 14 heavy (non-hydrogen) atoms. The second-order valence-electron chi connectivity index (χ2n) is 3.39. The molecular formula is C10H16N4. The Morgan fingerprint density at radius 2 is 2.43 bits per heavy atom. The van der Waals surface area contributed by atoms with E-state index in [2.05, 4.69) is 22.2 Å². The summed E-state index contributed by atoms with van der Waals surface area (Å²) in [6.45, 7) is 5.87. The molecule has 0 saturated carbocycles. The summed E-state index contributed by atoms with van der Waals surface area (Å²) in [4.78, 5) is 0. The third kappa shape index (κ3) is 3.24. The number of allylic oxidation sites excluding steroid dienone is 1. The van der Waals surface area contributed by atoms with Gasteiger partial charge in [-0.15, -0.1) is 6.58 Å². The van der Waals surface area contributed by atoms with Crippen LogP contribution in [0.4, 0.5) is 0 Å². The molecule has 0 aromatic carbocycles. The standard InChI is InChI=1S/C10H16N4/c1-8(2)3-4-10(14-11)9-5-6-12-13-7-9/h5-7,10,14H,1,3-4,11H2,2H3. The molecule has 0 radical (unpaired) electrons. The molecule has 76 valence electrons. The van der Waals surface area contributed by atoms with Gasteiger partial charge in [0.2, 0.25) is 0 Å². The monoisotopic (exact) mass is 192 g/mol. The Labute approximate surface area is 84.2 Å². The SMILES string of the molecule is C=C(C)CCC(NN)c1ccnnc1. The summed E-state index contributed by atoms with van der Waals surface area (Å²) in [6, 6.07) is 2.04. The van der Waals surface area contributed by atoms with Crippen LogP contribution in [0.3, 0.4) is 0 Å². The third-order valence-electron chi connectivity index (χ3n) is 2.07. The van der Waals surface area contributed by atoms with Crippen molar-refractivity contribution in [2.45, 2.75) is 25.8 Å². The molecule has 0 saturated heterocycles. The van der Waals surface area contributed by atoms with Crippen molar-refractivity contribution in [1.29, 1.82) is 0 Å². The second-order valence-corrected chi connectivity index (χ2v) is 3.39. The fourth-order valence-corrected chi connectivity index (χ4v) is 1.24. The van der Waals surface area contributed by atoms with E-state index >= 15 is 0 Å². The summed E-state index contributed by atoms with van der Waals surface area (Å²) in [5.74, 6) is 5.46. The molecule has 1 unspecified atom stereocenters. The smallest absolute Gasteiger partial charge is 0.0544 e. The first-order valence-corrected chi connectivity index (χ1v) is 4.61. The maximum absolute atomic E-state index is 5.46. The van der Waals surface area contributed by atoms with Crippen LogP contribution in [0.25, 0.3) is 0 Å². The maximum atomic E-state index is 5.46. The van der Waals surface area contributed by atoms with Crippen LogP contribution in [-0.2, 0) is 0 Å². The summed E-state index contributed by atoms with van der Waals surface area (Å²) in [6.07, 6.45) is 5.28. The molecule has 0 aliphatic heterocycles. The lowest BCUT2D eigenvalue weighted by molar-refractivity contribution is 0.513. The van der Waals surface area contributed by atoms with Gasteiger partial charge in [-0.3, -0.25) is 11.3 Å². The molecule has 1 heterocycles. The number of hydrazine groups is 1. The van der Waals surface area contributed by atoms with E-state index in [4.69, 9.17) is 5.84 Å². The van der Waals surface area contributed by atoms with Gasteiger partial charge in [-0.05, 0) is 31.4 Å². The first-order chi connectivity index (χ1) is 6.74. The van der Waals surface area contributed by atoms with Crippen LogP contribution in [0.1, 0.15) is 31.4 Å². The fraction of sp³-hybridized carbons (Fsp3) is 0.400. The summed E-state index contributed by atoms with van der Waals surface area (Å²) in [5, 5.41) is 7.53. The molecule has 1 rings (SSSR count). The van der Waals surface area contributed by atoms with Crippen LogP contribution in [0, 0.1) is 0 Å². The molecule has 0 spiro atoms. The van der Waals surface area contributed by atoms with Gasteiger partial charge >= 0.3 is 0 Å². The molecule has 0 fully saturated rings. The highest BCUT2D eigenvalue weighted by atomic mass is 15.2. The molecule has 1 aromatic rings. The van der Waals surface area contributed by atoms with Gasteiger partial charge in [-0.2, -0.15) is 10.2 Å². The molecule has 4 heteroatoms. The van der Waals surface area contributed by atoms with Gasteiger partial charge in [-0.25, -0.2) is 0 Å². The largest absolute Gasteiger partial charge is 0.271 e. The molecular weight excluding hydrogens is 176 g/mol. The highest BCUT2D eigenvalue weighted by molar-refractivity contribution is 5.11. The number of rotatable bonds is 5. The lowest BCUT2D eigenvalue weighted by Crippen LogP contribution is -2.28. The molecule has 0 aliphatic rings. The van der Waals surface area contributed by atoms with E-state index in [1.54, 1.807) is 12.4 Å². The Morgan fingerprint density at radius 1 is 1.64 bits per heavy atom. The average Bonchev–Trinajstić information content (AvgIpc) is 2.20. The van der Waals surface area contributed by atoms with E-state index in [1.807, 2.05) is 13.0 Å². The zero-order chi connectivity index (χ0) is 10.4. The Bertz CT molecular complexity index is 283.